The Kier molecular flexibility index (Phi) is 5.80. The van der Waals surface area contributed by atoms with Crippen molar-refractivity contribution >= 4 is 56.6 Å². The zero-order valence-corrected chi connectivity index (χ0v) is 14.8. The molecule has 0 aliphatic heterocycles. The highest BCUT2D eigenvalue weighted by Gasteiger charge is 2.20. The van der Waals surface area contributed by atoms with Gasteiger partial charge in [-0.1, -0.05) is 35.3 Å². The third-order valence-electron chi connectivity index (χ3n) is 2.68. The first kappa shape index (κ1) is 17.9. The van der Waals surface area contributed by atoms with E-state index in [4.69, 9.17) is 28.9 Å². The van der Waals surface area contributed by atoms with E-state index in [0.717, 1.165) is 11.8 Å². The maximum Gasteiger partial charge on any atom is 0.263 e. The Morgan fingerprint density at radius 1 is 1.17 bits per heavy atom. The summed E-state index contributed by atoms with van der Waals surface area (Å²) in [4.78, 5) is 11.4. The van der Waals surface area contributed by atoms with Gasteiger partial charge in [-0.2, -0.15) is 0 Å². The first-order valence-corrected chi connectivity index (χ1v) is 9.50. The van der Waals surface area contributed by atoms with Crippen LogP contribution in [0.25, 0.3) is 0 Å². The van der Waals surface area contributed by atoms with Crippen LogP contribution in [0.1, 0.15) is 0 Å². The van der Waals surface area contributed by atoms with Gasteiger partial charge in [0.2, 0.25) is 5.91 Å². The summed E-state index contributed by atoms with van der Waals surface area (Å²) in [6.45, 7) is 0. The number of thioether (sulfide) groups is 1. The van der Waals surface area contributed by atoms with Crippen LogP contribution in [0, 0.1) is 0 Å². The zero-order chi connectivity index (χ0) is 17.0. The predicted molar refractivity (Wildman–Crippen MR) is 93.6 cm³/mol. The van der Waals surface area contributed by atoms with Crippen molar-refractivity contribution in [1.82, 2.24) is 0 Å². The highest BCUT2D eigenvalue weighted by molar-refractivity contribution is 8.00. The van der Waals surface area contributed by atoms with Crippen LogP contribution in [0.15, 0.2) is 52.3 Å². The van der Waals surface area contributed by atoms with E-state index in [1.807, 2.05) is 0 Å². The SMILES string of the molecule is NC(=O)CSc1ccccc1NS(=O)(=O)c1cc(Cl)ccc1Cl. The summed E-state index contributed by atoms with van der Waals surface area (Å²) < 4.78 is 27.5. The minimum Gasteiger partial charge on any atom is -0.369 e. The van der Waals surface area contributed by atoms with Crippen LogP contribution in [-0.4, -0.2) is 20.1 Å². The molecule has 0 atom stereocenters. The summed E-state index contributed by atoms with van der Waals surface area (Å²) in [6, 6.07) is 10.8. The average molecular weight is 391 g/mol. The van der Waals surface area contributed by atoms with E-state index in [1.54, 1.807) is 24.3 Å². The Morgan fingerprint density at radius 2 is 1.87 bits per heavy atom. The molecule has 5 nitrogen and oxygen atoms in total. The molecule has 0 fully saturated rings. The van der Waals surface area contributed by atoms with Crippen LogP contribution in [0.4, 0.5) is 5.69 Å². The molecule has 0 unspecified atom stereocenters. The van der Waals surface area contributed by atoms with Crippen LogP contribution in [0.5, 0.6) is 0 Å². The fourth-order valence-electron chi connectivity index (χ4n) is 1.71. The number of hydrogen-bond acceptors (Lipinski definition) is 4. The minimum atomic E-state index is -3.92. The summed E-state index contributed by atoms with van der Waals surface area (Å²) in [5.41, 5.74) is 5.44. The number of nitrogens with two attached hydrogens (primary N) is 1. The fourth-order valence-corrected chi connectivity index (χ4v) is 4.36. The van der Waals surface area contributed by atoms with Crippen molar-refractivity contribution in [3.05, 3.63) is 52.5 Å². The van der Waals surface area contributed by atoms with Gasteiger partial charge in [0.15, 0.2) is 0 Å². The number of benzene rings is 2. The first-order chi connectivity index (χ1) is 10.8. The molecular weight excluding hydrogens is 379 g/mol. The van der Waals surface area contributed by atoms with Crippen molar-refractivity contribution < 1.29 is 13.2 Å². The molecule has 1 amide bonds. The van der Waals surface area contributed by atoms with Gasteiger partial charge in [-0.25, -0.2) is 8.42 Å². The molecule has 0 saturated carbocycles. The predicted octanol–water partition coefficient (Wildman–Crippen LogP) is 3.37. The number of rotatable bonds is 6. The van der Waals surface area contributed by atoms with E-state index in [-0.39, 0.29) is 20.7 Å². The molecule has 0 spiro atoms. The number of halogens is 2. The molecule has 0 aromatic heterocycles. The Morgan fingerprint density at radius 3 is 2.57 bits per heavy atom. The van der Waals surface area contributed by atoms with Gasteiger partial charge in [-0.3, -0.25) is 9.52 Å². The Hall–Kier alpha value is -1.41. The molecule has 2 aromatic carbocycles. The second-order valence-corrected chi connectivity index (χ2v) is 7.94. The third kappa shape index (κ3) is 4.78. The number of amides is 1. The summed E-state index contributed by atoms with van der Waals surface area (Å²) >= 11 is 12.9. The normalized spacial score (nSPS) is 11.2. The summed E-state index contributed by atoms with van der Waals surface area (Å²) in [5.74, 6) is -0.457. The molecular formula is C14H12Cl2N2O3S2. The molecule has 0 aliphatic rings. The quantitative estimate of drug-likeness (QED) is 0.739. The van der Waals surface area contributed by atoms with Crippen LogP contribution < -0.4 is 10.5 Å². The van der Waals surface area contributed by atoms with Crippen molar-refractivity contribution in [2.45, 2.75) is 9.79 Å². The number of primary amides is 1. The maximum absolute atomic E-state index is 12.5. The van der Waals surface area contributed by atoms with Gasteiger partial charge >= 0.3 is 0 Å². The average Bonchev–Trinajstić information content (AvgIpc) is 2.48. The number of nitrogens with one attached hydrogen (secondary N) is 1. The molecule has 9 heteroatoms. The standard InChI is InChI=1S/C14H12Cl2N2O3S2/c15-9-5-6-10(16)13(7-9)23(20,21)18-11-3-1-2-4-12(11)22-8-14(17)19/h1-7,18H,8H2,(H2,17,19). The van der Waals surface area contributed by atoms with E-state index < -0.39 is 15.9 Å². The number of sulfonamides is 1. The van der Waals surface area contributed by atoms with Crippen LogP contribution >= 0.6 is 35.0 Å². The molecule has 3 N–H and O–H groups in total. The highest BCUT2D eigenvalue weighted by Crippen LogP contribution is 2.31. The third-order valence-corrected chi connectivity index (χ3v) is 5.86. The monoisotopic (exact) mass is 390 g/mol. The van der Waals surface area contributed by atoms with Crippen LogP contribution in [0.3, 0.4) is 0 Å². The van der Waals surface area contributed by atoms with Crippen molar-refractivity contribution in [3.8, 4) is 0 Å². The lowest BCUT2D eigenvalue weighted by molar-refractivity contribution is -0.115. The van der Waals surface area contributed by atoms with Gasteiger partial charge < -0.3 is 5.73 Å². The lowest BCUT2D eigenvalue weighted by Gasteiger charge is -2.13. The van der Waals surface area contributed by atoms with Crippen molar-refractivity contribution in [2.24, 2.45) is 5.73 Å². The van der Waals surface area contributed by atoms with E-state index in [2.05, 4.69) is 4.72 Å². The number of carbonyl (C=O) groups excluding carboxylic acids is 1. The van der Waals surface area contributed by atoms with Gasteiger partial charge in [-0.05, 0) is 30.3 Å². The Labute approximate surface area is 148 Å². The molecule has 0 heterocycles. The van der Waals surface area contributed by atoms with E-state index in [1.165, 1.54) is 18.2 Å². The zero-order valence-electron chi connectivity index (χ0n) is 11.6. The minimum absolute atomic E-state index is 0.0384. The van der Waals surface area contributed by atoms with Crippen molar-refractivity contribution in [1.29, 1.82) is 0 Å². The molecule has 0 bridgehead atoms. The molecule has 23 heavy (non-hydrogen) atoms. The smallest absolute Gasteiger partial charge is 0.263 e. The van der Waals surface area contributed by atoms with Gasteiger partial charge in [0.25, 0.3) is 10.0 Å². The van der Waals surface area contributed by atoms with E-state index >= 15 is 0 Å². The second-order valence-electron chi connectivity index (χ2n) is 4.43. The number of para-hydroxylation sites is 1. The summed E-state index contributed by atoms with van der Waals surface area (Å²) in [5, 5.41) is 0.315. The van der Waals surface area contributed by atoms with E-state index in [0.29, 0.717) is 10.6 Å². The molecule has 0 radical (unpaired) electrons. The van der Waals surface area contributed by atoms with Crippen LogP contribution in [0.2, 0.25) is 10.0 Å². The van der Waals surface area contributed by atoms with E-state index in [9.17, 15) is 13.2 Å². The summed E-state index contributed by atoms with van der Waals surface area (Å²) in [7, 11) is -3.92. The Bertz CT molecular complexity index is 842. The molecule has 2 aromatic rings. The second kappa shape index (κ2) is 7.44. The van der Waals surface area contributed by atoms with Crippen molar-refractivity contribution in [3.63, 3.8) is 0 Å². The lowest BCUT2D eigenvalue weighted by atomic mass is 10.3. The fraction of sp³-hybridized carbons (Fsp3) is 0.0714. The molecule has 122 valence electrons. The largest absolute Gasteiger partial charge is 0.369 e. The number of carbonyl (C=O) groups is 1. The molecule has 0 saturated heterocycles. The summed E-state index contributed by atoms with van der Waals surface area (Å²) in [6.07, 6.45) is 0. The van der Waals surface area contributed by atoms with Gasteiger partial charge in [0, 0.05) is 9.92 Å². The highest BCUT2D eigenvalue weighted by atomic mass is 35.5. The van der Waals surface area contributed by atoms with Crippen molar-refractivity contribution in [2.75, 3.05) is 10.5 Å². The first-order valence-electron chi connectivity index (χ1n) is 6.27. The van der Waals surface area contributed by atoms with Gasteiger partial charge in [-0.15, -0.1) is 11.8 Å². The van der Waals surface area contributed by atoms with Crippen LogP contribution in [-0.2, 0) is 14.8 Å². The topological polar surface area (TPSA) is 89.3 Å². The maximum atomic E-state index is 12.5. The number of anilines is 1. The Balaban J connectivity index is 2.34. The molecule has 0 aliphatic carbocycles. The number of hydrogen-bond donors (Lipinski definition) is 2. The molecule has 2 rings (SSSR count). The van der Waals surface area contributed by atoms with Gasteiger partial charge in [0.05, 0.1) is 16.5 Å². The lowest BCUT2D eigenvalue weighted by Crippen LogP contribution is -2.15. The van der Waals surface area contributed by atoms with Gasteiger partial charge in [0.1, 0.15) is 4.90 Å².